The Morgan fingerprint density at radius 2 is 2.19 bits per heavy atom. The third kappa shape index (κ3) is 3.76. The Labute approximate surface area is 129 Å². The van der Waals surface area contributed by atoms with Crippen molar-refractivity contribution in [2.75, 3.05) is 17.2 Å². The lowest BCUT2D eigenvalue weighted by Gasteiger charge is -2.11. The van der Waals surface area contributed by atoms with E-state index in [0.717, 1.165) is 12.2 Å². The second-order valence-electron chi connectivity index (χ2n) is 4.98. The number of nitrogens with one attached hydrogen (secondary N) is 2. The van der Waals surface area contributed by atoms with Crippen molar-refractivity contribution in [3.63, 3.8) is 0 Å². The Bertz CT molecular complexity index is 636. The van der Waals surface area contributed by atoms with E-state index in [1.165, 1.54) is 0 Å². The van der Waals surface area contributed by atoms with E-state index in [2.05, 4.69) is 15.7 Å². The van der Waals surface area contributed by atoms with Crippen molar-refractivity contribution >= 4 is 28.9 Å². The predicted octanol–water partition coefficient (Wildman–Crippen LogP) is 3.80. The molecule has 1 aromatic carbocycles. The molecule has 1 aromatic heterocycles. The van der Waals surface area contributed by atoms with Gasteiger partial charge in [0.2, 0.25) is 0 Å². The van der Waals surface area contributed by atoms with E-state index in [1.54, 1.807) is 35.3 Å². The molecule has 2 rings (SSSR count). The highest BCUT2D eigenvalue weighted by Crippen LogP contribution is 2.22. The molecule has 0 fully saturated rings. The smallest absolute Gasteiger partial charge is 0.257 e. The van der Waals surface area contributed by atoms with E-state index in [4.69, 9.17) is 11.6 Å². The van der Waals surface area contributed by atoms with Crippen molar-refractivity contribution in [3.05, 3.63) is 41.2 Å². The normalized spacial score (nSPS) is 10.7. The first-order valence-electron chi connectivity index (χ1n) is 6.90. The second kappa shape index (κ2) is 6.63. The van der Waals surface area contributed by atoms with Gasteiger partial charge >= 0.3 is 0 Å². The van der Waals surface area contributed by atoms with Crippen LogP contribution in [0.1, 0.15) is 37.2 Å². The molecule has 112 valence electrons. The third-order valence-electron chi connectivity index (χ3n) is 2.98. The number of hydrogen-bond donors (Lipinski definition) is 2. The van der Waals surface area contributed by atoms with Gasteiger partial charge in [-0.1, -0.05) is 11.6 Å². The van der Waals surface area contributed by atoms with Crippen LogP contribution in [0, 0.1) is 0 Å². The van der Waals surface area contributed by atoms with Gasteiger partial charge < -0.3 is 10.6 Å². The number of aromatic nitrogens is 2. The van der Waals surface area contributed by atoms with Crippen LogP contribution >= 0.6 is 11.6 Å². The predicted molar refractivity (Wildman–Crippen MR) is 86.2 cm³/mol. The van der Waals surface area contributed by atoms with Crippen LogP contribution in [0.4, 0.5) is 11.4 Å². The summed E-state index contributed by atoms with van der Waals surface area (Å²) in [4.78, 5) is 12.4. The van der Waals surface area contributed by atoms with E-state index in [9.17, 15) is 4.79 Å². The first-order valence-corrected chi connectivity index (χ1v) is 7.28. The summed E-state index contributed by atoms with van der Waals surface area (Å²) in [5.74, 6) is -0.211. The summed E-state index contributed by atoms with van der Waals surface area (Å²) in [7, 11) is 0. The maximum Gasteiger partial charge on any atom is 0.257 e. The van der Waals surface area contributed by atoms with E-state index in [0.29, 0.717) is 16.3 Å². The maximum atomic E-state index is 12.4. The molecule has 0 bridgehead atoms. The average Bonchev–Trinajstić information content (AvgIpc) is 2.89. The fraction of sp³-hybridized carbons (Fsp3) is 0.333. The minimum absolute atomic E-state index is 0.211. The molecule has 0 saturated heterocycles. The van der Waals surface area contributed by atoms with Gasteiger partial charge in [-0.15, -0.1) is 0 Å². The van der Waals surface area contributed by atoms with Gasteiger partial charge in [0.05, 0.1) is 17.4 Å². The summed E-state index contributed by atoms with van der Waals surface area (Å²) in [5.41, 5.74) is 1.94. The van der Waals surface area contributed by atoms with E-state index < -0.39 is 0 Å². The highest BCUT2D eigenvalue weighted by atomic mass is 35.5. The maximum absolute atomic E-state index is 12.4. The fourth-order valence-corrected chi connectivity index (χ4v) is 2.10. The summed E-state index contributed by atoms with van der Waals surface area (Å²) < 4.78 is 1.79. The zero-order valence-electron chi connectivity index (χ0n) is 12.4. The molecule has 0 aliphatic carbocycles. The zero-order valence-corrected chi connectivity index (χ0v) is 13.1. The van der Waals surface area contributed by atoms with Gasteiger partial charge in [-0.25, -0.2) is 0 Å². The molecule has 0 spiro atoms. The number of hydrogen-bond acceptors (Lipinski definition) is 3. The number of amides is 1. The molecule has 1 amide bonds. The average molecular weight is 307 g/mol. The summed E-state index contributed by atoms with van der Waals surface area (Å²) in [6.07, 6.45) is 3.44. The third-order valence-corrected chi connectivity index (χ3v) is 3.22. The van der Waals surface area contributed by atoms with Crippen LogP contribution in [0.15, 0.2) is 30.6 Å². The molecule has 0 radical (unpaired) electrons. The van der Waals surface area contributed by atoms with Crippen molar-refractivity contribution in [3.8, 4) is 0 Å². The molecule has 0 aliphatic heterocycles. The van der Waals surface area contributed by atoms with E-state index in [1.807, 2.05) is 20.8 Å². The van der Waals surface area contributed by atoms with Gasteiger partial charge in [-0.3, -0.25) is 9.48 Å². The molecule has 2 N–H and O–H groups in total. The van der Waals surface area contributed by atoms with E-state index >= 15 is 0 Å². The molecular formula is C15H19ClN4O. The lowest BCUT2D eigenvalue weighted by atomic mass is 10.1. The number of nitrogens with zero attached hydrogens (tertiary/aromatic N) is 2. The summed E-state index contributed by atoms with van der Waals surface area (Å²) >= 11 is 5.99. The van der Waals surface area contributed by atoms with Crippen LogP contribution in [-0.2, 0) is 0 Å². The summed E-state index contributed by atoms with van der Waals surface area (Å²) in [6, 6.07) is 5.46. The Morgan fingerprint density at radius 1 is 1.43 bits per heavy atom. The van der Waals surface area contributed by atoms with Gasteiger partial charge in [-0.2, -0.15) is 5.10 Å². The van der Waals surface area contributed by atoms with E-state index in [-0.39, 0.29) is 11.9 Å². The highest BCUT2D eigenvalue weighted by molar-refractivity contribution is 6.31. The molecule has 6 heteroatoms. The molecule has 0 aliphatic rings. The van der Waals surface area contributed by atoms with Gasteiger partial charge in [0, 0.05) is 29.5 Å². The van der Waals surface area contributed by atoms with Crippen LogP contribution in [0.25, 0.3) is 0 Å². The topological polar surface area (TPSA) is 59.0 Å². The molecule has 0 saturated carbocycles. The standard InChI is InChI=1S/C15H19ClN4O/c1-4-17-14-6-5-11(16)7-13(14)15(21)19-12-8-18-20(9-12)10(2)3/h5-10,17H,4H2,1-3H3,(H,19,21). The number of anilines is 2. The fourth-order valence-electron chi connectivity index (χ4n) is 1.93. The van der Waals surface area contributed by atoms with Crippen LogP contribution in [0.2, 0.25) is 5.02 Å². The van der Waals surface area contributed by atoms with Crippen molar-refractivity contribution in [2.45, 2.75) is 26.8 Å². The molecule has 21 heavy (non-hydrogen) atoms. The van der Waals surface area contributed by atoms with Gasteiger partial charge in [0.1, 0.15) is 0 Å². The van der Waals surface area contributed by atoms with Crippen molar-refractivity contribution in [2.24, 2.45) is 0 Å². The quantitative estimate of drug-likeness (QED) is 0.883. The van der Waals surface area contributed by atoms with Crippen LogP contribution in [0.3, 0.4) is 0 Å². The molecule has 5 nitrogen and oxygen atoms in total. The van der Waals surface area contributed by atoms with Crippen molar-refractivity contribution in [1.29, 1.82) is 0 Å². The van der Waals surface area contributed by atoms with Crippen LogP contribution in [0.5, 0.6) is 0 Å². The number of carbonyl (C=O) groups is 1. The van der Waals surface area contributed by atoms with Crippen molar-refractivity contribution < 1.29 is 4.79 Å². The lowest BCUT2D eigenvalue weighted by molar-refractivity contribution is 0.102. The Morgan fingerprint density at radius 3 is 2.81 bits per heavy atom. The molecule has 0 atom stereocenters. The monoisotopic (exact) mass is 306 g/mol. The SMILES string of the molecule is CCNc1ccc(Cl)cc1C(=O)Nc1cnn(C(C)C)c1. The zero-order chi connectivity index (χ0) is 15.4. The van der Waals surface area contributed by atoms with Crippen LogP contribution in [-0.4, -0.2) is 22.2 Å². The number of carbonyl (C=O) groups excluding carboxylic acids is 1. The van der Waals surface area contributed by atoms with Crippen molar-refractivity contribution in [1.82, 2.24) is 9.78 Å². The minimum Gasteiger partial charge on any atom is -0.385 e. The highest BCUT2D eigenvalue weighted by Gasteiger charge is 2.13. The van der Waals surface area contributed by atoms with Gasteiger partial charge in [0.25, 0.3) is 5.91 Å². The number of benzene rings is 1. The minimum atomic E-state index is -0.211. The lowest BCUT2D eigenvalue weighted by Crippen LogP contribution is -2.14. The second-order valence-corrected chi connectivity index (χ2v) is 5.41. The Hall–Kier alpha value is -2.01. The summed E-state index contributed by atoms with van der Waals surface area (Å²) in [6.45, 7) is 6.76. The summed E-state index contributed by atoms with van der Waals surface area (Å²) in [5, 5.41) is 10.7. The molecule has 2 aromatic rings. The first-order chi connectivity index (χ1) is 10.0. The molecule has 0 unspecified atom stereocenters. The first kappa shape index (κ1) is 15.4. The Balaban J connectivity index is 2.21. The Kier molecular flexibility index (Phi) is 4.85. The molecule has 1 heterocycles. The number of rotatable bonds is 5. The van der Waals surface area contributed by atoms with Crippen LogP contribution < -0.4 is 10.6 Å². The van der Waals surface area contributed by atoms with Gasteiger partial charge in [0.15, 0.2) is 0 Å². The largest absolute Gasteiger partial charge is 0.385 e. The number of halogens is 1. The molecular weight excluding hydrogens is 288 g/mol. The van der Waals surface area contributed by atoms with Gasteiger partial charge in [-0.05, 0) is 39.0 Å².